The highest BCUT2D eigenvalue weighted by atomic mass is 19.1. The Balaban J connectivity index is 1.49. The van der Waals surface area contributed by atoms with E-state index in [1.807, 2.05) is 12.1 Å². The first-order valence-corrected chi connectivity index (χ1v) is 9.02. The summed E-state index contributed by atoms with van der Waals surface area (Å²) in [5, 5.41) is 0. The quantitative estimate of drug-likeness (QED) is 0.829. The summed E-state index contributed by atoms with van der Waals surface area (Å²) in [6.45, 7) is 9.53. The van der Waals surface area contributed by atoms with Gasteiger partial charge in [-0.25, -0.2) is 4.39 Å². The van der Waals surface area contributed by atoms with Crippen LogP contribution in [0, 0.1) is 5.82 Å². The molecular formula is C19H29FN2O. The molecule has 2 aliphatic rings. The molecule has 0 amide bonds. The van der Waals surface area contributed by atoms with Crippen molar-refractivity contribution in [3.63, 3.8) is 0 Å². The number of hydrogen-bond donors (Lipinski definition) is 0. The molecule has 2 aliphatic heterocycles. The molecule has 128 valence electrons. The Kier molecular flexibility index (Phi) is 5.67. The summed E-state index contributed by atoms with van der Waals surface area (Å²) < 4.78 is 19.3. The van der Waals surface area contributed by atoms with Gasteiger partial charge < -0.3 is 9.64 Å². The van der Waals surface area contributed by atoms with E-state index in [1.165, 1.54) is 19.3 Å². The van der Waals surface area contributed by atoms with Crippen molar-refractivity contribution in [1.82, 2.24) is 9.80 Å². The lowest BCUT2D eigenvalue weighted by Gasteiger charge is -2.49. The second kappa shape index (κ2) is 7.73. The fraction of sp³-hybridized carbons (Fsp3) is 0.684. The van der Waals surface area contributed by atoms with Crippen LogP contribution >= 0.6 is 0 Å². The molecule has 1 aromatic carbocycles. The molecule has 23 heavy (non-hydrogen) atoms. The number of hydrogen-bond acceptors (Lipinski definition) is 3. The van der Waals surface area contributed by atoms with Gasteiger partial charge in [0.1, 0.15) is 5.82 Å². The Labute approximate surface area is 139 Å². The van der Waals surface area contributed by atoms with Crippen LogP contribution in [0.5, 0.6) is 0 Å². The van der Waals surface area contributed by atoms with Crippen LogP contribution in [0.3, 0.4) is 0 Å². The summed E-state index contributed by atoms with van der Waals surface area (Å²) in [4.78, 5) is 5.17. The van der Waals surface area contributed by atoms with E-state index in [9.17, 15) is 4.39 Å². The molecule has 3 nitrogen and oxygen atoms in total. The van der Waals surface area contributed by atoms with Gasteiger partial charge in [0.2, 0.25) is 0 Å². The zero-order valence-electron chi connectivity index (χ0n) is 14.3. The summed E-state index contributed by atoms with van der Waals surface area (Å²) in [6.07, 6.45) is 4.35. The Morgan fingerprint density at radius 3 is 2.43 bits per heavy atom. The van der Waals surface area contributed by atoms with Crippen molar-refractivity contribution in [1.29, 1.82) is 0 Å². The van der Waals surface area contributed by atoms with E-state index in [0.29, 0.717) is 5.54 Å². The lowest BCUT2D eigenvalue weighted by atomic mass is 9.85. The number of halogens is 1. The van der Waals surface area contributed by atoms with Crippen LogP contribution < -0.4 is 0 Å². The van der Waals surface area contributed by atoms with Gasteiger partial charge in [-0.1, -0.05) is 25.1 Å². The van der Waals surface area contributed by atoms with Gasteiger partial charge in [0.05, 0.1) is 0 Å². The van der Waals surface area contributed by atoms with E-state index in [4.69, 9.17) is 4.74 Å². The largest absolute Gasteiger partial charge is 0.381 e. The third-order valence-electron chi connectivity index (χ3n) is 5.78. The van der Waals surface area contributed by atoms with Crippen molar-refractivity contribution in [3.8, 4) is 0 Å². The smallest absolute Gasteiger partial charge is 0.126 e. The molecule has 4 heteroatoms. The molecule has 2 saturated heterocycles. The van der Waals surface area contributed by atoms with Crippen molar-refractivity contribution < 1.29 is 9.13 Å². The molecule has 0 aliphatic carbocycles. The monoisotopic (exact) mass is 320 g/mol. The van der Waals surface area contributed by atoms with Crippen LogP contribution in [0.4, 0.5) is 4.39 Å². The Hall–Kier alpha value is -0.970. The number of rotatable bonds is 5. The summed E-state index contributed by atoms with van der Waals surface area (Å²) in [5.41, 5.74) is 1.19. The van der Waals surface area contributed by atoms with Crippen molar-refractivity contribution in [2.45, 2.75) is 38.1 Å². The number of benzene rings is 1. The first-order chi connectivity index (χ1) is 11.2. The average Bonchev–Trinajstić information content (AvgIpc) is 2.62. The van der Waals surface area contributed by atoms with Crippen LogP contribution in [0.2, 0.25) is 0 Å². The molecule has 2 fully saturated rings. The summed E-state index contributed by atoms with van der Waals surface area (Å²) in [5.74, 6) is -0.0710. The fourth-order valence-electron chi connectivity index (χ4n) is 4.07. The molecule has 0 spiro atoms. The highest BCUT2D eigenvalue weighted by Gasteiger charge is 2.38. The first-order valence-electron chi connectivity index (χ1n) is 9.02. The molecule has 2 heterocycles. The van der Waals surface area contributed by atoms with Gasteiger partial charge >= 0.3 is 0 Å². The van der Waals surface area contributed by atoms with Crippen LogP contribution in [-0.2, 0) is 11.2 Å². The number of nitrogens with zero attached hydrogens (tertiary/aromatic N) is 2. The highest BCUT2D eigenvalue weighted by molar-refractivity contribution is 5.17. The predicted octanol–water partition coefficient (Wildman–Crippen LogP) is 2.95. The second-order valence-corrected chi connectivity index (χ2v) is 6.86. The van der Waals surface area contributed by atoms with E-state index in [0.717, 1.165) is 57.9 Å². The van der Waals surface area contributed by atoms with Crippen molar-refractivity contribution in [2.75, 3.05) is 45.9 Å². The van der Waals surface area contributed by atoms with E-state index < -0.39 is 0 Å². The van der Waals surface area contributed by atoms with Crippen LogP contribution in [0.1, 0.15) is 31.7 Å². The highest BCUT2D eigenvalue weighted by Crippen LogP contribution is 2.32. The molecule has 0 N–H and O–H groups in total. The van der Waals surface area contributed by atoms with Gasteiger partial charge in [-0.15, -0.1) is 0 Å². The van der Waals surface area contributed by atoms with E-state index >= 15 is 0 Å². The van der Waals surface area contributed by atoms with Crippen molar-refractivity contribution in [3.05, 3.63) is 35.6 Å². The number of ether oxygens (including phenoxy) is 1. The molecule has 3 rings (SSSR count). The maximum atomic E-state index is 13.7. The standard InChI is InChI=1S/C19H29FN2O/c1-2-19(8-15-23-16-9-19)22-13-11-21(12-14-22)10-7-17-5-3-4-6-18(17)20/h3-6H,2,7-16H2,1H3. The molecule has 0 radical (unpaired) electrons. The average molecular weight is 320 g/mol. The Morgan fingerprint density at radius 2 is 1.78 bits per heavy atom. The second-order valence-electron chi connectivity index (χ2n) is 6.86. The van der Waals surface area contributed by atoms with E-state index in [-0.39, 0.29) is 5.82 Å². The van der Waals surface area contributed by atoms with Crippen LogP contribution in [0.25, 0.3) is 0 Å². The summed E-state index contributed by atoms with van der Waals surface area (Å²) in [6, 6.07) is 7.14. The third kappa shape index (κ3) is 3.93. The lowest BCUT2D eigenvalue weighted by molar-refractivity contribution is -0.0490. The Morgan fingerprint density at radius 1 is 1.09 bits per heavy atom. The maximum Gasteiger partial charge on any atom is 0.126 e. The Bertz CT molecular complexity index is 494. The van der Waals surface area contributed by atoms with Gasteiger partial charge in [-0.05, 0) is 37.3 Å². The zero-order chi connectivity index (χ0) is 16.1. The van der Waals surface area contributed by atoms with Gasteiger partial charge in [0.15, 0.2) is 0 Å². The third-order valence-corrected chi connectivity index (χ3v) is 5.78. The molecule has 0 bridgehead atoms. The molecule has 0 aromatic heterocycles. The summed E-state index contributed by atoms with van der Waals surface area (Å²) in [7, 11) is 0. The fourth-order valence-corrected chi connectivity index (χ4v) is 4.07. The van der Waals surface area contributed by atoms with Gasteiger partial charge in [-0.3, -0.25) is 4.90 Å². The maximum absolute atomic E-state index is 13.7. The van der Waals surface area contributed by atoms with Crippen LogP contribution in [-0.4, -0.2) is 61.3 Å². The zero-order valence-corrected chi connectivity index (χ0v) is 14.3. The minimum absolute atomic E-state index is 0.0710. The van der Waals surface area contributed by atoms with Crippen molar-refractivity contribution in [2.24, 2.45) is 0 Å². The normalized spacial score (nSPS) is 23.0. The van der Waals surface area contributed by atoms with Gasteiger partial charge in [0, 0.05) is 51.5 Å². The van der Waals surface area contributed by atoms with E-state index in [1.54, 1.807) is 12.1 Å². The topological polar surface area (TPSA) is 15.7 Å². The predicted molar refractivity (Wildman–Crippen MR) is 91.2 cm³/mol. The first kappa shape index (κ1) is 16.9. The molecule has 0 saturated carbocycles. The molecule has 0 unspecified atom stereocenters. The minimum Gasteiger partial charge on any atom is -0.381 e. The molecule has 1 aromatic rings. The van der Waals surface area contributed by atoms with E-state index in [2.05, 4.69) is 16.7 Å². The van der Waals surface area contributed by atoms with Crippen LogP contribution in [0.15, 0.2) is 24.3 Å². The van der Waals surface area contributed by atoms with Crippen molar-refractivity contribution >= 4 is 0 Å². The van der Waals surface area contributed by atoms with Gasteiger partial charge in [0.25, 0.3) is 0 Å². The number of piperazine rings is 1. The van der Waals surface area contributed by atoms with Gasteiger partial charge in [-0.2, -0.15) is 0 Å². The molecular weight excluding hydrogens is 291 g/mol. The summed E-state index contributed by atoms with van der Waals surface area (Å²) >= 11 is 0. The SMILES string of the molecule is CCC1(N2CCN(CCc3ccccc3F)CC2)CCOCC1. The lowest BCUT2D eigenvalue weighted by Crippen LogP contribution is -2.58. The molecule has 0 atom stereocenters. The minimum atomic E-state index is -0.0710.